The lowest BCUT2D eigenvalue weighted by Crippen LogP contribution is -2.51. The molecule has 2 aliphatic rings. The van der Waals surface area contributed by atoms with Crippen molar-refractivity contribution in [2.45, 2.75) is 31.7 Å². The van der Waals surface area contributed by atoms with Gasteiger partial charge in [0.15, 0.2) is 0 Å². The lowest BCUT2D eigenvalue weighted by molar-refractivity contribution is -0.143. The summed E-state index contributed by atoms with van der Waals surface area (Å²) in [7, 11) is -2.94. The first-order chi connectivity index (χ1) is 9.37. The average Bonchev–Trinajstić information content (AvgIpc) is 2.41. The predicted octanol–water partition coefficient (Wildman–Crippen LogP) is 0.0698. The number of aliphatic carboxylic acids is 1. The zero-order valence-electron chi connectivity index (χ0n) is 11.2. The molecule has 0 aromatic rings. The van der Waals surface area contributed by atoms with Crippen molar-refractivity contribution in [3.8, 4) is 0 Å². The van der Waals surface area contributed by atoms with Crippen LogP contribution < -0.4 is 5.32 Å². The van der Waals surface area contributed by atoms with Gasteiger partial charge < -0.3 is 15.3 Å². The molecule has 2 fully saturated rings. The van der Waals surface area contributed by atoms with Gasteiger partial charge in [0.25, 0.3) is 0 Å². The maximum absolute atomic E-state index is 12.1. The zero-order chi connectivity index (χ0) is 14.8. The minimum absolute atomic E-state index is 0.107. The van der Waals surface area contributed by atoms with E-state index >= 15 is 0 Å². The number of hydrogen-bond donors (Lipinski definition) is 2. The Morgan fingerprint density at radius 2 is 1.80 bits per heavy atom. The fraction of sp³-hybridized carbons (Fsp3) is 0.833. The minimum Gasteiger partial charge on any atom is -0.481 e. The highest BCUT2D eigenvalue weighted by molar-refractivity contribution is 7.91. The van der Waals surface area contributed by atoms with Crippen molar-refractivity contribution >= 4 is 21.8 Å². The molecule has 7 nitrogen and oxygen atoms in total. The van der Waals surface area contributed by atoms with E-state index in [4.69, 9.17) is 5.11 Å². The van der Waals surface area contributed by atoms with Gasteiger partial charge in [-0.1, -0.05) is 0 Å². The van der Waals surface area contributed by atoms with Crippen LogP contribution in [0.4, 0.5) is 4.79 Å². The molecule has 1 unspecified atom stereocenters. The molecule has 8 heteroatoms. The Bertz CT molecular complexity index is 476. The standard InChI is InChI=1S/C12H20N2O5S/c15-11(16)9-2-1-5-14(8-9)12(17)13-10-3-6-20(18,19)7-4-10/h9-10H,1-8H2,(H,13,17)(H,15,16). The maximum Gasteiger partial charge on any atom is 0.317 e. The molecule has 2 N–H and O–H groups in total. The van der Waals surface area contributed by atoms with E-state index in [0.717, 1.165) is 0 Å². The summed E-state index contributed by atoms with van der Waals surface area (Å²) in [6, 6.07) is -0.406. The highest BCUT2D eigenvalue weighted by atomic mass is 32.2. The van der Waals surface area contributed by atoms with Crippen LogP contribution in [-0.4, -0.2) is 61.1 Å². The molecule has 0 spiro atoms. The number of carboxylic acids is 1. The minimum atomic E-state index is -2.94. The van der Waals surface area contributed by atoms with E-state index in [-0.39, 0.29) is 30.1 Å². The summed E-state index contributed by atoms with van der Waals surface area (Å²) in [4.78, 5) is 24.5. The van der Waals surface area contributed by atoms with Crippen LogP contribution in [0, 0.1) is 5.92 Å². The van der Waals surface area contributed by atoms with Gasteiger partial charge in [0.1, 0.15) is 9.84 Å². The quantitative estimate of drug-likeness (QED) is 0.751. The number of likely N-dealkylation sites (tertiary alicyclic amines) is 1. The summed E-state index contributed by atoms with van der Waals surface area (Å²) in [5.74, 6) is -1.15. The molecule has 0 aromatic carbocycles. The predicted molar refractivity (Wildman–Crippen MR) is 72.1 cm³/mol. The Morgan fingerprint density at radius 3 is 2.40 bits per heavy atom. The van der Waals surface area contributed by atoms with Crippen molar-refractivity contribution in [3.05, 3.63) is 0 Å². The summed E-state index contributed by atoms with van der Waals surface area (Å²) in [6.07, 6.45) is 2.15. The Balaban J connectivity index is 1.84. The van der Waals surface area contributed by atoms with Crippen LogP contribution >= 0.6 is 0 Å². The maximum atomic E-state index is 12.1. The first kappa shape index (κ1) is 15.1. The van der Waals surface area contributed by atoms with Crippen molar-refractivity contribution in [2.24, 2.45) is 5.92 Å². The Kier molecular flexibility index (Phi) is 4.52. The monoisotopic (exact) mass is 304 g/mol. The van der Waals surface area contributed by atoms with Crippen LogP contribution in [0.2, 0.25) is 0 Å². The van der Waals surface area contributed by atoms with Crippen molar-refractivity contribution in [3.63, 3.8) is 0 Å². The zero-order valence-corrected chi connectivity index (χ0v) is 12.1. The smallest absolute Gasteiger partial charge is 0.317 e. The third kappa shape index (κ3) is 3.84. The molecule has 1 atom stereocenters. The van der Waals surface area contributed by atoms with E-state index in [1.54, 1.807) is 0 Å². The Hall–Kier alpha value is -1.31. The lowest BCUT2D eigenvalue weighted by Gasteiger charge is -2.33. The molecule has 20 heavy (non-hydrogen) atoms. The number of carboxylic acid groups (broad SMARTS) is 1. The number of sulfone groups is 1. The molecule has 114 valence electrons. The number of piperidine rings is 1. The van der Waals surface area contributed by atoms with E-state index in [1.165, 1.54) is 4.90 Å². The number of nitrogens with one attached hydrogen (secondary N) is 1. The fourth-order valence-corrected chi connectivity index (χ4v) is 4.15. The molecule has 2 saturated heterocycles. The van der Waals surface area contributed by atoms with Crippen LogP contribution in [0.5, 0.6) is 0 Å². The molecule has 0 aromatic heterocycles. The molecule has 0 aliphatic carbocycles. The first-order valence-electron chi connectivity index (χ1n) is 6.86. The second-order valence-corrected chi connectivity index (χ2v) is 7.80. The summed E-state index contributed by atoms with van der Waals surface area (Å²) >= 11 is 0. The van der Waals surface area contributed by atoms with Crippen LogP contribution in [0.15, 0.2) is 0 Å². The summed E-state index contributed by atoms with van der Waals surface area (Å²) < 4.78 is 22.6. The van der Waals surface area contributed by atoms with Gasteiger partial charge in [-0.15, -0.1) is 0 Å². The van der Waals surface area contributed by atoms with Gasteiger partial charge in [-0.25, -0.2) is 13.2 Å². The van der Waals surface area contributed by atoms with Crippen molar-refractivity contribution in [2.75, 3.05) is 24.6 Å². The van der Waals surface area contributed by atoms with E-state index in [0.29, 0.717) is 32.2 Å². The number of amides is 2. The third-order valence-electron chi connectivity index (χ3n) is 3.94. The SMILES string of the molecule is O=C(O)C1CCCN(C(=O)NC2CCS(=O)(=O)CC2)C1. The topological polar surface area (TPSA) is 104 Å². The average molecular weight is 304 g/mol. The number of carbonyl (C=O) groups is 2. The highest BCUT2D eigenvalue weighted by Gasteiger charge is 2.30. The van der Waals surface area contributed by atoms with Gasteiger partial charge in [0.2, 0.25) is 0 Å². The van der Waals surface area contributed by atoms with Gasteiger partial charge in [-0.05, 0) is 25.7 Å². The van der Waals surface area contributed by atoms with E-state index in [1.807, 2.05) is 0 Å². The molecule has 2 amide bonds. The molecule has 2 aliphatic heterocycles. The molecular formula is C12H20N2O5S. The lowest BCUT2D eigenvalue weighted by atomic mass is 9.98. The fourth-order valence-electron chi connectivity index (χ4n) is 2.66. The molecule has 0 bridgehead atoms. The van der Waals surface area contributed by atoms with Crippen molar-refractivity contribution in [1.29, 1.82) is 0 Å². The first-order valence-corrected chi connectivity index (χ1v) is 8.68. The van der Waals surface area contributed by atoms with Gasteiger partial charge in [0.05, 0.1) is 17.4 Å². The number of carbonyl (C=O) groups excluding carboxylic acids is 1. The Labute approximate surface area is 118 Å². The second-order valence-electron chi connectivity index (χ2n) is 5.50. The van der Waals surface area contributed by atoms with Gasteiger partial charge in [-0.3, -0.25) is 4.79 Å². The van der Waals surface area contributed by atoms with Crippen molar-refractivity contribution in [1.82, 2.24) is 10.2 Å². The van der Waals surface area contributed by atoms with Crippen LogP contribution in [-0.2, 0) is 14.6 Å². The van der Waals surface area contributed by atoms with E-state index in [9.17, 15) is 18.0 Å². The van der Waals surface area contributed by atoms with Gasteiger partial charge >= 0.3 is 12.0 Å². The molecule has 2 heterocycles. The van der Waals surface area contributed by atoms with Crippen LogP contribution in [0.1, 0.15) is 25.7 Å². The number of nitrogens with zero attached hydrogens (tertiary/aromatic N) is 1. The van der Waals surface area contributed by atoms with E-state index in [2.05, 4.69) is 5.32 Å². The van der Waals surface area contributed by atoms with E-state index < -0.39 is 21.7 Å². The third-order valence-corrected chi connectivity index (χ3v) is 5.66. The largest absolute Gasteiger partial charge is 0.481 e. The second kappa shape index (κ2) is 5.99. The normalized spacial score (nSPS) is 27.0. The highest BCUT2D eigenvalue weighted by Crippen LogP contribution is 2.18. The Morgan fingerprint density at radius 1 is 1.15 bits per heavy atom. The molecule has 0 saturated carbocycles. The summed E-state index contributed by atoms with van der Waals surface area (Å²) in [6.45, 7) is 0.785. The van der Waals surface area contributed by atoms with Gasteiger partial charge in [0, 0.05) is 19.1 Å². The molecular weight excluding hydrogens is 284 g/mol. The number of rotatable bonds is 2. The molecule has 2 rings (SSSR count). The number of urea groups is 1. The van der Waals surface area contributed by atoms with Crippen LogP contribution in [0.3, 0.4) is 0 Å². The van der Waals surface area contributed by atoms with Gasteiger partial charge in [-0.2, -0.15) is 0 Å². The summed E-state index contributed by atoms with van der Waals surface area (Å²) in [5, 5.41) is 11.8. The molecule has 0 radical (unpaired) electrons. The summed E-state index contributed by atoms with van der Waals surface area (Å²) in [5.41, 5.74) is 0. The number of hydrogen-bond acceptors (Lipinski definition) is 4. The van der Waals surface area contributed by atoms with Crippen LogP contribution in [0.25, 0.3) is 0 Å². The van der Waals surface area contributed by atoms with Crippen molar-refractivity contribution < 1.29 is 23.1 Å².